The van der Waals surface area contributed by atoms with Gasteiger partial charge in [-0.15, -0.1) is 11.3 Å². The molecule has 0 fully saturated rings. The number of carbonyl (C=O) groups is 1. The first kappa shape index (κ1) is 14.7. The highest BCUT2D eigenvalue weighted by Crippen LogP contribution is 2.45. The van der Waals surface area contributed by atoms with Crippen molar-refractivity contribution in [1.29, 1.82) is 0 Å². The van der Waals surface area contributed by atoms with Crippen LogP contribution in [0.5, 0.6) is 0 Å². The summed E-state index contributed by atoms with van der Waals surface area (Å²) in [5, 5.41) is 11.2. The highest BCUT2D eigenvalue weighted by Gasteiger charge is 2.27. The number of hydrogen-bond acceptors (Lipinski definition) is 2. The lowest BCUT2D eigenvalue weighted by Gasteiger charge is -2.05. The van der Waals surface area contributed by atoms with Gasteiger partial charge in [0.2, 0.25) is 0 Å². The van der Waals surface area contributed by atoms with E-state index in [-0.39, 0.29) is 12.2 Å². The van der Waals surface area contributed by atoms with Crippen LogP contribution in [0.1, 0.15) is 35.8 Å². The molecule has 0 radical (unpaired) electrons. The van der Waals surface area contributed by atoms with Crippen LogP contribution in [0.2, 0.25) is 0 Å². The molecule has 0 amide bonds. The third-order valence-electron chi connectivity index (χ3n) is 3.80. The van der Waals surface area contributed by atoms with E-state index in [1.54, 1.807) is 17.4 Å². The van der Waals surface area contributed by atoms with E-state index in [0.29, 0.717) is 5.56 Å². The summed E-state index contributed by atoms with van der Waals surface area (Å²) in [7, 11) is 0. The van der Waals surface area contributed by atoms with Gasteiger partial charge in [0.1, 0.15) is 5.82 Å². The Morgan fingerprint density at radius 1 is 1.27 bits per heavy atom. The first-order valence-electron chi connectivity index (χ1n) is 7.10. The lowest BCUT2D eigenvalue weighted by atomic mass is 10.00. The molecule has 0 spiro atoms. The summed E-state index contributed by atoms with van der Waals surface area (Å²) in [4.78, 5) is 12.3. The maximum atomic E-state index is 13.6. The largest absolute Gasteiger partial charge is 0.481 e. The number of allylic oxidation sites excluding steroid dienone is 2. The number of halogens is 1. The van der Waals surface area contributed by atoms with Crippen LogP contribution in [-0.4, -0.2) is 11.1 Å². The van der Waals surface area contributed by atoms with Crippen LogP contribution >= 0.6 is 11.3 Å². The van der Waals surface area contributed by atoms with Crippen molar-refractivity contribution in [3.63, 3.8) is 0 Å². The number of benzene rings is 1. The fourth-order valence-corrected chi connectivity index (χ4v) is 3.58. The smallest absolute Gasteiger partial charge is 0.307 e. The predicted octanol–water partition coefficient (Wildman–Crippen LogP) is 5.08. The van der Waals surface area contributed by atoms with Crippen molar-refractivity contribution in [2.24, 2.45) is 0 Å². The second-order valence-corrected chi connectivity index (χ2v) is 6.12. The molecule has 2 nitrogen and oxygen atoms in total. The van der Waals surface area contributed by atoms with Crippen molar-refractivity contribution in [3.05, 3.63) is 63.1 Å². The van der Waals surface area contributed by atoms with Crippen LogP contribution in [0, 0.1) is 5.82 Å². The number of fused-ring (bicyclic) bond motifs is 1. The zero-order valence-electron chi connectivity index (χ0n) is 12.1. The average molecular weight is 314 g/mol. The monoisotopic (exact) mass is 314 g/mol. The number of rotatable bonds is 4. The van der Waals surface area contributed by atoms with Crippen LogP contribution in [0.15, 0.2) is 41.3 Å². The summed E-state index contributed by atoms with van der Waals surface area (Å²) in [5.41, 5.74) is 4.37. The minimum atomic E-state index is -0.895. The summed E-state index contributed by atoms with van der Waals surface area (Å²) in [6, 6.07) is 8.61. The summed E-state index contributed by atoms with van der Waals surface area (Å²) in [6.45, 7) is 2.00. The number of carboxylic acid groups (broad SMARTS) is 1. The van der Waals surface area contributed by atoms with E-state index in [1.807, 2.05) is 24.4 Å². The highest BCUT2D eigenvalue weighted by atomic mass is 32.1. The normalized spacial score (nSPS) is 15.5. The second-order valence-electron chi connectivity index (χ2n) is 5.14. The van der Waals surface area contributed by atoms with Gasteiger partial charge in [-0.1, -0.05) is 19.1 Å². The van der Waals surface area contributed by atoms with Crippen molar-refractivity contribution in [1.82, 2.24) is 0 Å². The summed E-state index contributed by atoms with van der Waals surface area (Å²) in [6.07, 6.45) is 2.70. The molecule has 1 aliphatic carbocycles. The Balaban J connectivity index is 2.21. The van der Waals surface area contributed by atoms with Gasteiger partial charge in [-0.05, 0) is 63.9 Å². The summed E-state index contributed by atoms with van der Waals surface area (Å²) < 4.78 is 13.6. The number of carboxylic acids is 1. The van der Waals surface area contributed by atoms with Gasteiger partial charge in [-0.3, -0.25) is 4.79 Å². The summed E-state index contributed by atoms with van der Waals surface area (Å²) >= 11 is 1.63. The van der Waals surface area contributed by atoms with Gasteiger partial charge in [-0.2, -0.15) is 0 Å². The minimum Gasteiger partial charge on any atom is -0.481 e. The number of thiophene rings is 1. The molecule has 0 aliphatic heterocycles. The lowest BCUT2D eigenvalue weighted by Crippen LogP contribution is -1.97. The van der Waals surface area contributed by atoms with Gasteiger partial charge < -0.3 is 5.11 Å². The van der Waals surface area contributed by atoms with Crippen molar-refractivity contribution in [3.8, 4) is 0 Å². The van der Waals surface area contributed by atoms with Gasteiger partial charge >= 0.3 is 5.97 Å². The Morgan fingerprint density at radius 2 is 2.09 bits per heavy atom. The maximum absolute atomic E-state index is 13.6. The van der Waals surface area contributed by atoms with Gasteiger partial charge in [0.15, 0.2) is 0 Å². The molecule has 4 heteroatoms. The van der Waals surface area contributed by atoms with E-state index < -0.39 is 5.97 Å². The van der Waals surface area contributed by atoms with E-state index in [1.165, 1.54) is 12.1 Å². The van der Waals surface area contributed by atoms with E-state index in [0.717, 1.165) is 33.6 Å². The van der Waals surface area contributed by atoms with Crippen LogP contribution in [0.4, 0.5) is 4.39 Å². The molecule has 22 heavy (non-hydrogen) atoms. The van der Waals surface area contributed by atoms with E-state index in [9.17, 15) is 14.3 Å². The fourth-order valence-electron chi connectivity index (χ4n) is 2.93. The Morgan fingerprint density at radius 3 is 2.73 bits per heavy atom. The van der Waals surface area contributed by atoms with E-state index >= 15 is 0 Å². The fraction of sp³-hybridized carbons (Fsp3) is 0.167. The average Bonchev–Trinajstić information content (AvgIpc) is 3.07. The third-order valence-corrected chi connectivity index (χ3v) is 4.62. The van der Waals surface area contributed by atoms with E-state index in [4.69, 9.17) is 0 Å². The second kappa shape index (κ2) is 5.89. The zero-order valence-corrected chi connectivity index (χ0v) is 12.9. The van der Waals surface area contributed by atoms with Crippen molar-refractivity contribution >= 4 is 34.5 Å². The SMILES string of the molecule is CCC1=C(CC(=O)O)c2cc(F)ccc2/C1=C\c1cccs1. The molecule has 2 aromatic rings. The first-order valence-corrected chi connectivity index (χ1v) is 7.97. The molecule has 3 rings (SSSR count). The Bertz CT molecular complexity index is 785. The van der Waals surface area contributed by atoms with E-state index in [2.05, 4.69) is 6.08 Å². The van der Waals surface area contributed by atoms with Crippen molar-refractivity contribution in [2.75, 3.05) is 0 Å². The molecular formula is C18H15FO2S. The molecule has 0 bridgehead atoms. The number of aliphatic carboxylic acids is 1. The molecule has 1 N–H and O–H groups in total. The molecule has 0 atom stereocenters. The quantitative estimate of drug-likeness (QED) is 0.854. The first-order chi connectivity index (χ1) is 10.6. The standard InChI is InChI=1S/C18H15FO2S/c1-2-13-16(9-12-4-3-7-22-12)14-6-5-11(19)8-15(14)17(13)10-18(20)21/h3-9H,2,10H2,1H3,(H,20,21)/b16-9-. The highest BCUT2D eigenvalue weighted by molar-refractivity contribution is 7.10. The zero-order chi connectivity index (χ0) is 15.7. The number of hydrogen-bond donors (Lipinski definition) is 1. The predicted molar refractivity (Wildman–Crippen MR) is 88.1 cm³/mol. The molecule has 0 unspecified atom stereocenters. The maximum Gasteiger partial charge on any atom is 0.307 e. The molecule has 0 saturated heterocycles. The van der Waals surface area contributed by atoms with Gasteiger partial charge in [-0.25, -0.2) is 4.39 Å². The van der Waals surface area contributed by atoms with Crippen molar-refractivity contribution < 1.29 is 14.3 Å². The van der Waals surface area contributed by atoms with Crippen LogP contribution in [0.25, 0.3) is 17.2 Å². The Kier molecular flexibility index (Phi) is 3.94. The van der Waals surface area contributed by atoms with Gasteiger partial charge in [0.05, 0.1) is 6.42 Å². The van der Waals surface area contributed by atoms with Crippen LogP contribution < -0.4 is 0 Å². The van der Waals surface area contributed by atoms with Crippen LogP contribution in [0.3, 0.4) is 0 Å². The molecule has 1 heterocycles. The Hall–Kier alpha value is -2.20. The molecule has 1 aromatic carbocycles. The van der Waals surface area contributed by atoms with Crippen molar-refractivity contribution in [2.45, 2.75) is 19.8 Å². The van der Waals surface area contributed by atoms with Gasteiger partial charge in [0.25, 0.3) is 0 Å². The molecule has 112 valence electrons. The molecule has 1 aliphatic rings. The lowest BCUT2D eigenvalue weighted by molar-refractivity contribution is -0.135. The minimum absolute atomic E-state index is 0.0819. The van der Waals surface area contributed by atoms with Crippen LogP contribution in [-0.2, 0) is 4.79 Å². The third kappa shape index (κ3) is 2.62. The molecule has 1 aromatic heterocycles. The molecular weight excluding hydrogens is 299 g/mol. The topological polar surface area (TPSA) is 37.3 Å². The van der Waals surface area contributed by atoms with Gasteiger partial charge in [0, 0.05) is 4.88 Å². The Labute approximate surface area is 132 Å². The molecule has 0 saturated carbocycles. The summed E-state index contributed by atoms with van der Waals surface area (Å²) in [5.74, 6) is -1.23.